The van der Waals surface area contributed by atoms with Crippen LogP contribution in [0.2, 0.25) is 0 Å². The van der Waals surface area contributed by atoms with Gasteiger partial charge in [-0.15, -0.1) is 0 Å². The fraction of sp³-hybridized carbons (Fsp3) is 0.765. The molecule has 0 spiro atoms. The monoisotopic (exact) mass is 277 g/mol. The van der Waals surface area contributed by atoms with Gasteiger partial charge in [0.2, 0.25) is 0 Å². The Morgan fingerprint density at radius 3 is 2.70 bits per heavy atom. The maximum absolute atomic E-state index is 6.06. The van der Waals surface area contributed by atoms with Crippen molar-refractivity contribution in [2.75, 3.05) is 0 Å². The Labute approximate surface area is 122 Å². The van der Waals surface area contributed by atoms with Crippen molar-refractivity contribution < 1.29 is 9.15 Å². The van der Waals surface area contributed by atoms with E-state index < -0.39 is 0 Å². The van der Waals surface area contributed by atoms with Crippen molar-refractivity contribution in [1.82, 2.24) is 5.32 Å². The summed E-state index contributed by atoms with van der Waals surface area (Å²) in [4.78, 5) is 0. The van der Waals surface area contributed by atoms with Gasteiger partial charge in [0, 0.05) is 18.2 Å². The van der Waals surface area contributed by atoms with Crippen LogP contribution in [-0.4, -0.2) is 12.1 Å². The van der Waals surface area contributed by atoms with Crippen LogP contribution < -0.4 is 5.32 Å². The van der Waals surface area contributed by atoms with Crippen molar-refractivity contribution in [2.24, 2.45) is 5.41 Å². The number of rotatable bonds is 6. The molecule has 3 heteroatoms. The fourth-order valence-electron chi connectivity index (χ4n) is 2.93. The summed E-state index contributed by atoms with van der Waals surface area (Å²) in [6, 6.07) is 2.80. The minimum Gasteiger partial charge on any atom is -0.467 e. The lowest BCUT2D eigenvalue weighted by Crippen LogP contribution is -2.26. The molecule has 0 aromatic carbocycles. The van der Waals surface area contributed by atoms with Crippen LogP contribution in [0.25, 0.3) is 0 Å². The molecular weight excluding hydrogens is 250 g/mol. The number of hydrogen-bond acceptors (Lipinski definition) is 3. The largest absolute Gasteiger partial charge is 0.467 e. The summed E-state index contributed by atoms with van der Waals surface area (Å²) in [6.45, 7) is 6.26. The molecule has 0 aliphatic heterocycles. The summed E-state index contributed by atoms with van der Waals surface area (Å²) in [7, 11) is 0. The molecule has 1 heterocycles. The first-order chi connectivity index (χ1) is 9.62. The Hall–Kier alpha value is -0.800. The summed E-state index contributed by atoms with van der Waals surface area (Å²) < 4.78 is 11.6. The van der Waals surface area contributed by atoms with Gasteiger partial charge in [-0.25, -0.2) is 0 Å². The van der Waals surface area contributed by atoms with Gasteiger partial charge in [0.15, 0.2) is 0 Å². The lowest BCUT2D eigenvalue weighted by Gasteiger charge is -2.34. The first-order valence-electron chi connectivity index (χ1n) is 8.03. The molecule has 0 saturated heterocycles. The zero-order valence-corrected chi connectivity index (χ0v) is 12.8. The molecule has 20 heavy (non-hydrogen) atoms. The first kappa shape index (κ1) is 14.2. The highest BCUT2D eigenvalue weighted by atomic mass is 16.5. The summed E-state index contributed by atoms with van der Waals surface area (Å²) in [5.41, 5.74) is 1.76. The van der Waals surface area contributed by atoms with Crippen molar-refractivity contribution in [2.45, 2.75) is 77.7 Å². The van der Waals surface area contributed by atoms with Crippen LogP contribution in [0.15, 0.2) is 16.7 Å². The maximum atomic E-state index is 6.06. The van der Waals surface area contributed by atoms with Gasteiger partial charge >= 0.3 is 0 Å². The molecule has 1 aromatic rings. The maximum Gasteiger partial charge on any atom is 0.133 e. The Morgan fingerprint density at radius 1 is 1.25 bits per heavy atom. The zero-order valence-electron chi connectivity index (χ0n) is 12.8. The molecule has 0 unspecified atom stereocenters. The third-order valence-electron chi connectivity index (χ3n) is 4.73. The van der Waals surface area contributed by atoms with Crippen LogP contribution in [0.5, 0.6) is 0 Å². The SMILES string of the molecule is CC1(C)CCC(OCc2occc2CNC2CC2)CC1. The average molecular weight is 277 g/mol. The van der Waals surface area contributed by atoms with E-state index in [4.69, 9.17) is 9.15 Å². The molecule has 2 fully saturated rings. The number of hydrogen-bond donors (Lipinski definition) is 1. The smallest absolute Gasteiger partial charge is 0.133 e. The van der Waals surface area contributed by atoms with Gasteiger partial charge in [0.1, 0.15) is 12.4 Å². The molecule has 1 N–H and O–H groups in total. The topological polar surface area (TPSA) is 34.4 Å². The van der Waals surface area contributed by atoms with E-state index in [1.165, 1.54) is 44.1 Å². The molecular formula is C17H27NO2. The Bertz CT molecular complexity index is 424. The van der Waals surface area contributed by atoms with Gasteiger partial charge in [0.25, 0.3) is 0 Å². The van der Waals surface area contributed by atoms with Crippen LogP contribution in [0.4, 0.5) is 0 Å². The predicted octanol–water partition coefficient (Wildman–Crippen LogP) is 4.02. The van der Waals surface area contributed by atoms with E-state index in [9.17, 15) is 0 Å². The molecule has 1 aromatic heterocycles. The molecule has 3 nitrogen and oxygen atoms in total. The lowest BCUT2D eigenvalue weighted by atomic mass is 9.76. The summed E-state index contributed by atoms with van der Waals surface area (Å²) in [5, 5.41) is 3.53. The number of ether oxygens (including phenoxy) is 1. The van der Waals surface area contributed by atoms with E-state index in [2.05, 4.69) is 25.2 Å². The van der Waals surface area contributed by atoms with Gasteiger partial charge in [0.05, 0.1) is 12.4 Å². The van der Waals surface area contributed by atoms with Crippen molar-refractivity contribution in [3.63, 3.8) is 0 Å². The molecule has 3 rings (SSSR count). The second-order valence-electron chi connectivity index (χ2n) is 7.20. The molecule has 0 amide bonds. The zero-order chi connectivity index (χ0) is 14.0. The van der Waals surface area contributed by atoms with Gasteiger partial charge in [-0.2, -0.15) is 0 Å². The van der Waals surface area contributed by atoms with Gasteiger partial charge < -0.3 is 14.5 Å². The third-order valence-corrected chi connectivity index (χ3v) is 4.73. The number of furan rings is 1. The molecule has 112 valence electrons. The van der Waals surface area contributed by atoms with E-state index in [0.717, 1.165) is 18.3 Å². The molecule has 2 aliphatic rings. The third kappa shape index (κ3) is 3.86. The van der Waals surface area contributed by atoms with E-state index in [0.29, 0.717) is 18.1 Å². The summed E-state index contributed by atoms with van der Waals surface area (Å²) in [6.07, 6.45) is 9.75. The molecule has 2 aliphatic carbocycles. The molecule has 0 atom stereocenters. The van der Waals surface area contributed by atoms with Gasteiger partial charge in [-0.3, -0.25) is 0 Å². The minimum absolute atomic E-state index is 0.414. The Balaban J connectivity index is 1.45. The highest BCUT2D eigenvalue weighted by Gasteiger charge is 2.27. The Kier molecular flexibility index (Phi) is 4.18. The van der Waals surface area contributed by atoms with Gasteiger partial charge in [-0.05, 0) is 50.0 Å². The van der Waals surface area contributed by atoms with Crippen LogP contribution in [0.1, 0.15) is 63.7 Å². The standard InChI is InChI=1S/C17H27NO2/c1-17(2)8-5-15(6-9-17)20-12-16-13(7-10-19-16)11-18-14-3-4-14/h7,10,14-15,18H,3-6,8-9,11-12H2,1-2H3. The van der Waals surface area contributed by atoms with Gasteiger partial charge in [-0.1, -0.05) is 13.8 Å². The molecule has 0 radical (unpaired) electrons. The van der Waals surface area contributed by atoms with Crippen molar-refractivity contribution in [3.05, 3.63) is 23.7 Å². The molecule has 2 saturated carbocycles. The van der Waals surface area contributed by atoms with E-state index >= 15 is 0 Å². The second-order valence-corrected chi connectivity index (χ2v) is 7.20. The number of nitrogens with one attached hydrogen (secondary N) is 1. The summed E-state index contributed by atoms with van der Waals surface area (Å²) >= 11 is 0. The van der Waals surface area contributed by atoms with E-state index in [1.54, 1.807) is 6.26 Å². The lowest BCUT2D eigenvalue weighted by molar-refractivity contribution is -0.0124. The van der Waals surface area contributed by atoms with Crippen molar-refractivity contribution >= 4 is 0 Å². The van der Waals surface area contributed by atoms with Crippen molar-refractivity contribution in [1.29, 1.82) is 0 Å². The van der Waals surface area contributed by atoms with Crippen LogP contribution in [-0.2, 0) is 17.9 Å². The highest BCUT2D eigenvalue weighted by Crippen LogP contribution is 2.36. The second kappa shape index (κ2) is 5.90. The Morgan fingerprint density at radius 2 is 2.00 bits per heavy atom. The van der Waals surface area contributed by atoms with Crippen LogP contribution in [0.3, 0.4) is 0 Å². The normalized spacial score (nSPS) is 23.1. The predicted molar refractivity (Wildman–Crippen MR) is 79.4 cm³/mol. The minimum atomic E-state index is 0.414. The highest BCUT2D eigenvalue weighted by molar-refractivity contribution is 5.16. The van der Waals surface area contributed by atoms with E-state index in [-0.39, 0.29) is 0 Å². The molecule has 0 bridgehead atoms. The van der Waals surface area contributed by atoms with Crippen molar-refractivity contribution in [3.8, 4) is 0 Å². The average Bonchev–Trinajstić information content (AvgIpc) is 3.14. The summed E-state index contributed by atoms with van der Waals surface area (Å²) in [5.74, 6) is 1.00. The van der Waals surface area contributed by atoms with Crippen LogP contribution in [0, 0.1) is 5.41 Å². The first-order valence-corrected chi connectivity index (χ1v) is 8.03. The quantitative estimate of drug-likeness (QED) is 0.853. The van der Waals surface area contributed by atoms with Crippen LogP contribution >= 0.6 is 0 Å². The van der Waals surface area contributed by atoms with E-state index in [1.807, 2.05) is 0 Å². The fourth-order valence-corrected chi connectivity index (χ4v) is 2.93.